The van der Waals surface area contributed by atoms with Gasteiger partial charge in [-0.2, -0.15) is 0 Å². The van der Waals surface area contributed by atoms with Crippen LogP contribution in [0.3, 0.4) is 0 Å². The number of ether oxygens (including phenoxy) is 1. The number of hydrogen-bond donors (Lipinski definition) is 3. The summed E-state index contributed by atoms with van der Waals surface area (Å²) in [6, 6.07) is 1.35. The SMILES string of the molecule is CC1(CNC(=O)C2C3CCC(C3)C2NC(=O)c2cc(OC3CCC(C(=O)O)CC3)c(F)cc2F)CCC1. The average molecular weight is 519 g/mol. The number of amides is 2. The number of nitrogens with one attached hydrogen (secondary N) is 2. The number of fused-ring (bicyclic) bond motifs is 2. The van der Waals surface area contributed by atoms with Gasteiger partial charge in [0, 0.05) is 18.7 Å². The Kier molecular flexibility index (Phi) is 7.16. The topological polar surface area (TPSA) is 105 Å². The van der Waals surface area contributed by atoms with Gasteiger partial charge >= 0.3 is 5.97 Å². The second-order valence-corrected chi connectivity index (χ2v) is 11.9. The monoisotopic (exact) mass is 518 g/mol. The van der Waals surface area contributed by atoms with Gasteiger partial charge in [-0.15, -0.1) is 0 Å². The van der Waals surface area contributed by atoms with Gasteiger partial charge in [0.2, 0.25) is 5.91 Å². The Bertz CT molecular complexity index is 1070. The van der Waals surface area contributed by atoms with Crippen LogP contribution in [0.1, 0.15) is 81.5 Å². The molecule has 0 heterocycles. The summed E-state index contributed by atoms with van der Waals surface area (Å²) in [5.41, 5.74) is -0.175. The minimum atomic E-state index is -0.987. The molecule has 3 N–H and O–H groups in total. The van der Waals surface area contributed by atoms with Gasteiger partial charge in [-0.25, -0.2) is 8.78 Å². The molecule has 4 fully saturated rings. The summed E-state index contributed by atoms with van der Waals surface area (Å²) in [4.78, 5) is 37.5. The lowest BCUT2D eigenvalue weighted by Crippen LogP contribution is -2.51. The lowest BCUT2D eigenvalue weighted by molar-refractivity contribution is -0.143. The van der Waals surface area contributed by atoms with E-state index in [9.17, 15) is 23.2 Å². The molecule has 2 bridgehead atoms. The summed E-state index contributed by atoms with van der Waals surface area (Å²) in [5, 5.41) is 15.2. The summed E-state index contributed by atoms with van der Waals surface area (Å²) in [6.45, 7) is 2.80. The van der Waals surface area contributed by atoms with Crippen LogP contribution in [0.4, 0.5) is 8.78 Å². The molecule has 0 aromatic heterocycles. The molecule has 4 aliphatic rings. The number of carboxylic acid groups (broad SMARTS) is 1. The van der Waals surface area contributed by atoms with Crippen molar-refractivity contribution in [3.05, 3.63) is 29.3 Å². The third-order valence-electron chi connectivity index (χ3n) is 9.35. The molecule has 4 aliphatic carbocycles. The minimum absolute atomic E-state index is 0.0498. The van der Waals surface area contributed by atoms with Crippen molar-refractivity contribution in [2.24, 2.45) is 29.1 Å². The van der Waals surface area contributed by atoms with Crippen LogP contribution in [0.15, 0.2) is 12.1 Å². The fourth-order valence-electron chi connectivity index (χ4n) is 6.88. The van der Waals surface area contributed by atoms with Crippen LogP contribution in [0.5, 0.6) is 5.75 Å². The lowest BCUT2D eigenvalue weighted by Gasteiger charge is -2.39. The molecule has 0 spiro atoms. The van der Waals surface area contributed by atoms with Gasteiger partial charge in [0.25, 0.3) is 5.91 Å². The first-order valence-electron chi connectivity index (χ1n) is 13.6. The number of halogens is 2. The zero-order valence-electron chi connectivity index (χ0n) is 21.2. The van der Waals surface area contributed by atoms with E-state index in [0.29, 0.717) is 38.3 Å². The Hall–Kier alpha value is -2.71. The number of carbonyl (C=O) groups excluding carboxylic acids is 2. The van der Waals surface area contributed by atoms with Crippen LogP contribution < -0.4 is 15.4 Å². The van der Waals surface area contributed by atoms with Gasteiger partial charge in [0.15, 0.2) is 11.6 Å². The standard InChI is InChI=1S/C28H36F2N2O5/c1-28(9-2-10-28)14-31-26(34)23-16-3-4-17(11-16)24(23)32-25(33)19-12-22(21(30)13-20(19)29)37-18-7-5-15(6-8-18)27(35)36/h12-13,15-18,23-24H,2-11,14H2,1H3,(H,31,34)(H,32,33)(H,35,36). The largest absolute Gasteiger partial charge is 0.487 e. The summed E-state index contributed by atoms with van der Waals surface area (Å²) in [5.74, 6) is -4.14. The highest BCUT2D eigenvalue weighted by molar-refractivity contribution is 5.95. The van der Waals surface area contributed by atoms with E-state index in [-0.39, 0.29) is 46.4 Å². The summed E-state index contributed by atoms with van der Waals surface area (Å²) in [6.07, 6.45) is 7.41. The molecule has 4 unspecified atom stereocenters. The smallest absolute Gasteiger partial charge is 0.306 e. The van der Waals surface area contributed by atoms with Gasteiger partial charge in [-0.1, -0.05) is 13.3 Å². The molecule has 37 heavy (non-hydrogen) atoms. The van der Waals surface area contributed by atoms with Crippen molar-refractivity contribution in [1.29, 1.82) is 0 Å². The highest BCUT2D eigenvalue weighted by Crippen LogP contribution is 2.49. The maximum Gasteiger partial charge on any atom is 0.306 e. The van der Waals surface area contributed by atoms with E-state index < -0.39 is 35.5 Å². The van der Waals surface area contributed by atoms with Crippen molar-refractivity contribution in [3.8, 4) is 5.75 Å². The van der Waals surface area contributed by atoms with Crippen molar-refractivity contribution in [1.82, 2.24) is 10.6 Å². The van der Waals surface area contributed by atoms with Crippen LogP contribution in [-0.4, -0.2) is 41.6 Å². The highest BCUT2D eigenvalue weighted by Gasteiger charge is 2.51. The first-order chi connectivity index (χ1) is 17.6. The molecule has 5 rings (SSSR count). The van der Waals surface area contributed by atoms with Crippen LogP contribution in [0.2, 0.25) is 0 Å². The Morgan fingerprint density at radius 1 is 1.03 bits per heavy atom. The van der Waals surface area contributed by atoms with E-state index in [1.165, 1.54) is 6.42 Å². The molecule has 7 nitrogen and oxygen atoms in total. The molecular formula is C28H36F2N2O5. The second kappa shape index (κ2) is 10.2. The first-order valence-corrected chi connectivity index (χ1v) is 13.6. The van der Waals surface area contributed by atoms with E-state index in [1.807, 2.05) is 0 Å². The van der Waals surface area contributed by atoms with E-state index in [4.69, 9.17) is 9.84 Å². The maximum absolute atomic E-state index is 14.7. The van der Waals surface area contributed by atoms with Gasteiger partial charge < -0.3 is 20.5 Å². The fourth-order valence-corrected chi connectivity index (χ4v) is 6.88. The number of aliphatic carboxylic acids is 1. The Morgan fingerprint density at radius 3 is 2.38 bits per heavy atom. The summed E-state index contributed by atoms with van der Waals surface area (Å²) >= 11 is 0. The normalized spacial score (nSPS) is 31.9. The number of rotatable bonds is 8. The number of benzene rings is 1. The van der Waals surface area contributed by atoms with Crippen LogP contribution in [0.25, 0.3) is 0 Å². The molecule has 0 aliphatic heterocycles. The molecule has 4 saturated carbocycles. The Morgan fingerprint density at radius 2 is 1.73 bits per heavy atom. The molecular weight excluding hydrogens is 482 g/mol. The molecule has 4 atom stereocenters. The highest BCUT2D eigenvalue weighted by atomic mass is 19.1. The van der Waals surface area contributed by atoms with E-state index in [0.717, 1.165) is 38.2 Å². The lowest BCUT2D eigenvalue weighted by atomic mass is 9.70. The zero-order valence-corrected chi connectivity index (χ0v) is 21.2. The average Bonchev–Trinajstić information content (AvgIpc) is 3.45. The molecule has 2 amide bonds. The van der Waals surface area contributed by atoms with Gasteiger partial charge in [0.05, 0.1) is 23.5 Å². The molecule has 9 heteroatoms. The number of carbonyl (C=O) groups is 3. The molecule has 0 radical (unpaired) electrons. The first kappa shape index (κ1) is 25.9. The minimum Gasteiger partial charge on any atom is -0.487 e. The van der Waals surface area contributed by atoms with Gasteiger partial charge in [-0.3, -0.25) is 14.4 Å². The van der Waals surface area contributed by atoms with Crippen molar-refractivity contribution < 1.29 is 33.0 Å². The van der Waals surface area contributed by atoms with Gasteiger partial charge in [0.1, 0.15) is 5.82 Å². The molecule has 1 aromatic carbocycles. The molecule has 1 aromatic rings. The van der Waals surface area contributed by atoms with E-state index in [2.05, 4.69) is 17.6 Å². The van der Waals surface area contributed by atoms with E-state index >= 15 is 0 Å². The predicted molar refractivity (Wildman–Crippen MR) is 131 cm³/mol. The van der Waals surface area contributed by atoms with Crippen molar-refractivity contribution in [2.75, 3.05) is 6.54 Å². The van der Waals surface area contributed by atoms with Gasteiger partial charge in [-0.05, 0) is 81.1 Å². The fraction of sp³-hybridized carbons (Fsp3) is 0.679. The quantitative estimate of drug-likeness (QED) is 0.472. The summed E-state index contributed by atoms with van der Waals surface area (Å²) < 4.78 is 35.0. The Balaban J connectivity index is 1.25. The van der Waals surface area contributed by atoms with Crippen molar-refractivity contribution >= 4 is 17.8 Å². The van der Waals surface area contributed by atoms with Crippen molar-refractivity contribution in [3.63, 3.8) is 0 Å². The number of hydrogen-bond acceptors (Lipinski definition) is 4. The maximum atomic E-state index is 14.7. The number of carboxylic acids is 1. The zero-order chi connectivity index (χ0) is 26.3. The molecule has 202 valence electrons. The third-order valence-corrected chi connectivity index (χ3v) is 9.35. The van der Waals surface area contributed by atoms with E-state index in [1.54, 1.807) is 0 Å². The third kappa shape index (κ3) is 5.32. The van der Waals surface area contributed by atoms with Crippen molar-refractivity contribution in [2.45, 2.75) is 83.3 Å². The molecule has 0 saturated heterocycles. The second-order valence-electron chi connectivity index (χ2n) is 11.9. The Labute approximate surface area is 215 Å². The summed E-state index contributed by atoms with van der Waals surface area (Å²) in [7, 11) is 0. The predicted octanol–water partition coefficient (Wildman–Crippen LogP) is 4.44. The van der Waals surface area contributed by atoms with Crippen LogP contribution in [-0.2, 0) is 9.59 Å². The van der Waals surface area contributed by atoms with Crippen LogP contribution >= 0.6 is 0 Å². The van der Waals surface area contributed by atoms with Crippen LogP contribution in [0, 0.1) is 40.7 Å².